The van der Waals surface area contributed by atoms with Crippen LogP contribution in [0.1, 0.15) is 15.2 Å². The molecule has 2 aromatic rings. The number of amides is 1. The van der Waals surface area contributed by atoms with Gasteiger partial charge >= 0.3 is 0 Å². The van der Waals surface area contributed by atoms with Gasteiger partial charge in [0.15, 0.2) is 0 Å². The van der Waals surface area contributed by atoms with E-state index in [9.17, 15) is 4.79 Å². The van der Waals surface area contributed by atoms with E-state index in [-0.39, 0.29) is 5.91 Å². The lowest BCUT2D eigenvalue weighted by Gasteiger charge is -2.04. The zero-order valence-electron chi connectivity index (χ0n) is 9.04. The molecule has 0 saturated heterocycles. The second-order valence-electron chi connectivity index (χ2n) is 3.55. The molecule has 0 saturated carbocycles. The molecular formula is C12H8BrCl2NOS. The van der Waals surface area contributed by atoms with E-state index in [2.05, 4.69) is 21.2 Å². The molecule has 1 heterocycles. The Kier molecular flexibility index (Phi) is 4.67. The molecular weight excluding hydrogens is 357 g/mol. The number of benzene rings is 1. The quantitative estimate of drug-likeness (QED) is 0.836. The maximum absolute atomic E-state index is 11.9. The summed E-state index contributed by atoms with van der Waals surface area (Å²) in [5.41, 5.74) is 0.525. The molecule has 0 aliphatic carbocycles. The molecule has 0 aliphatic rings. The van der Waals surface area contributed by atoms with Gasteiger partial charge in [0.1, 0.15) is 0 Å². The third-order valence-electron chi connectivity index (χ3n) is 2.18. The van der Waals surface area contributed by atoms with Crippen LogP contribution in [0.4, 0.5) is 0 Å². The van der Waals surface area contributed by atoms with Gasteiger partial charge in [-0.15, -0.1) is 11.3 Å². The molecule has 0 unspecified atom stereocenters. The average Bonchev–Trinajstić information content (AvgIpc) is 2.70. The molecule has 1 aromatic carbocycles. The predicted molar refractivity (Wildman–Crippen MR) is 79.7 cm³/mol. The molecule has 0 spiro atoms. The summed E-state index contributed by atoms with van der Waals surface area (Å²) >= 11 is 16.5. The van der Waals surface area contributed by atoms with Crippen molar-refractivity contribution in [3.05, 3.63) is 54.6 Å². The molecule has 2 nitrogen and oxygen atoms in total. The number of halogens is 3. The fourth-order valence-electron chi connectivity index (χ4n) is 1.40. The van der Waals surface area contributed by atoms with E-state index in [0.717, 1.165) is 9.35 Å². The molecule has 0 radical (unpaired) electrons. The van der Waals surface area contributed by atoms with Crippen molar-refractivity contribution in [2.75, 3.05) is 0 Å². The van der Waals surface area contributed by atoms with E-state index >= 15 is 0 Å². The molecule has 0 aliphatic heterocycles. The van der Waals surface area contributed by atoms with Crippen LogP contribution in [0.2, 0.25) is 9.36 Å². The first-order valence-corrected chi connectivity index (χ1v) is 7.39. The first kappa shape index (κ1) is 13.9. The minimum Gasteiger partial charge on any atom is -0.347 e. The van der Waals surface area contributed by atoms with Crippen LogP contribution < -0.4 is 5.32 Å². The summed E-state index contributed by atoms with van der Waals surface area (Å²) in [6.45, 7) is 0.459. The predicted octanol–water partition coefficient (Wildman–Crippen LogP) is 4.75. The number of hydrogen-bond donors (Lipinski definition) is 1. The van der Waals surface area contributed by atoms with Crippen molar-refractivity contribution in [2.45, 2.75) is 6.54 Å². The van der Waals surface area contributed by atoms with Gasteiger partial charge in [-0.25, -0.2) is 0 Å². The van der Waals surface area contributed by atoms with Crippen LogP contribution in [-0.4, -0.2) is 5.91 Å². The normalized spacial score (nSPS) is 10.4. The van der Waals surface area contributed by atoms with E-state index in [1.807, 2.05) is 12.1 Å². The second kappa shape index (κ2) is 6.06. The van der Waals surface area contributed by atoms with Crippen molar-refractivity contribution in [1.82, 2.24) is 5.32 Å². The highest BCUT2D eigenvalue weighted by Crippen LogP contribution is 2.22. The summed E-state index contributed by atoms with van der Waals surface area (Å²) in [5, 5.41) is 3.34. The number of rotatable bonds is 3. The molecule has 1 N–H and O–H groups in total. The van der Waals surface area contributed by atoms with Gasteiger partial charge < -0.3 is 5.32 Å². The molecule has 6 heteroatoms. The molecule has 94 valence electrons. The van der Waals surface area contributed by atoms with Crippen LogP contribution in [0.15, 0.2) is 34.8 Å². The number of carbonyl (C=O) groups excluding carboxylic acids is 1. The van der Waals surface area contributed by atoms with Gasteiger partial charge in [0, 0.05) is 19.9 Å². The van der Waals surface area contributed by atoms with Crippen LogP contribution in [0.3, 0.4) is 0 Å². The Morgan fingerprint density at radius 1 is 1.28 bits per heavy atom. The third-order valence-corrected chi connectivity index (χ3v) is 4.08. The monoisotopic (exact) mass is 363 g/mol. The van der Waals surface area contributed by atoms with Crippen LogP contribution in [0, 0.1) is 0 Å². The third kappa shape index (κ3) is 3.72. The summed E-state index contributed by atoms with van der Waals surface area (Å²) in [6.07, 6.45) is 0. The Hall–Kier alpha value is -0.550. The fraction of sp³-hybridized carbons (Fsp3) is 0.0833. The van der Waals surface area contributed by atoms with Gasteiger partial charge in [-0.3, -0.25) is 4.79 Å². The highest BCUT2D eigenvalue weighted by Gasteiger charge is 2.08. The van der Waals surface area contributed by atoms with Gasteiger partial charge in [-0.05, 0) is 30.3 Å². The van der Waals surface area contributed by atoms with Crippen molar-refractivity contribution < 1.29 is 4.79 Å². The van der Waals surface area contributed by atoms with E-state index in [1.54, 1.807) is 18.2 Å². The van der Waals surface area contributed by atoms with Crippen molar-refractivity contribution >= 4 is 56.4 Å². The second-order valence-corrected chi connectivity index (χ2v) is 6.70. The molecule has 0 fully saturated rings. The van der Waals surface area contributed by atoms with Crippen LogP contribution in [0.5, 0.6) is 0 Å². The Balaban J connectivity index is 2.03. The number of thiophene rings is 1. The minimum atomic E-state index is -0.164. The maximum atomic E-state index is 11.9. The standard InChI is InChI=1S/C12H8BrCl2NOS/c13-8-3-7(4-9(14)5-8)12(17)16-6-10-1-2-11(15)18-10/h1-5H,6H2,(H,16,17). The Bertz CT molecular complexity index is 565. The number of nitrogens with one attached hydrogen (secondary N) is 1. The summed E-state index contributed by atoms with van der Waals surface area (Å²) in [6, 6.07) is 8.79. The summed E-state index contributed by atoms with van der Waals surface area (Å²) in [4.78, 5) is 12.9. The van der Waals surface area contributed by atoms with Crippen molar-refractivity contribution in [2.24, 2.45) is 0 Å². The lowest BCUT2D eigenvalue weighted by molar-refractivity contribution is 0.0951. The van der Waals surface area contributed by atoms with Crippen molar-refractivity contribution in [1.29, 1.82) is 0 Å². The zero-order chi connectivity index (χ0) is 13.1. The van der Waals surface area contributed by atoms with Crippen LogP contribution in [-0.2, 0) is 6.54 Å². The lowest BCUT2D eigenvalue weighted by Crippen LogP contribution is -2.22. The largest absolute Gasteiger partial charge is 0.347 e. The first-order valence-electron chi connectivity index (χ1n) is 5.03. The summed E-state index contributed by atoms with van der Waals surface area (Å²) < 4.78 is 1.49. The SMILES string of the molecule is O=C(NCc1ccc(Cl)s1)c1cc(Cl)cc(Br)c1. The van der Waals surface area contributed by atoms with E-state index < -0.39 is 0 Å². The maximum Gasteiger partial charge on any atom is 0.251 e. The van der Waals surface area contributed by atoms with Gasteiger partial charge in [0.2, 0.25) is 0 Å². The molecule has 2 rings (SSSR count). The van der Waals surface area contributed by atoms with Gasteiger partial charge in [0.25, 0.3) is 5.91 Å². The topological polar surface area (TPSA) is 29.1 Å². The Morgan fingerprint density at radius 3 is 2.67 bits per heavy atom. The highest BCUT2D eigenvalue weighted by molar-refractivity contribution is 9.10. The average molecular weight is 365 g/mol. The number of carbonyl (C=O) groups is 1. The molecule has 0 bridgehead atoms. The highest BCUT2D eigenvalue weighted by atomic mass is 79.9. The van der Waals surface area contributed by atoms with Gasteiger partial charge in [-0.2, -0.15) is 0 Å². The van der Waals surface area contributed by atoms with Gasteiger partial charge in [-0.1, -0.05) is 39.1 Å². The Morgan fingerprint density at radius 2 is 2.06 bits per heavy atom. The minimum absolute atomic E-state index is 0.164. The van der Waals surface area contributed by atoms with Crippen molar-refractivity contribution in [3.63, 3.8) is 0 Å². The number of hydrogen-bond acceptors (Lipinski definition) is 2. The summed E-state index contributed by atoms with van der Waals surface area (Å²) in [7, 11) is 0. The zero-order valence-corrected chi connectivity index (χ0v) is 13.0. The fourth-order valence-corrected chi connectivity index (χ4v) is 3.29. The van der Waals surface area contributed by atoms with E-state index in [4.69, 9.17) is 23.2 Å². The van der Waals surface area contributed by atoms with E-state index in [0.29, 0.717) is 21.5 Å². The molecule has 0 atom stereocenters. The Labute approximate surface area is 127 Å². The smallest absolute Gasteiger partial charge is 0.251 e. The van der Waals surface area contributed by atoms with E-state index in [1.165, 1.54) is 11.3 Å². The molecule has 1 amide bonds. The van der Waals surface area contributed by atoms with Gasteiger partial charge in [0.05, 0.1) is 10.9 Å². The first-order chi connectivity index (χ1) is 8.54. The molecule has 18 heavy (non-hydrogen) atoms. The van der Waals surface area contributed by atoms with Crippen molar-refractivity contribution in [3.8, 4) is 0 Å². The van der Waals surface area contributed by atoms with Crippen LogP contribution in [0.25, 0.3) is 0 Å². The summed E-state index contributed by atoms with van der Waals surface area (Å²) in [5.74, 6) is -0.164. The molecule has 1 aromatic heterocycles. The van der Waals surface area contributed by atoms with Crippen LogP contribution >= 0.6 is 50.5 Å². The lowest BCUT2D eigenvalue weighted by atomic mass is 10.2.